The Bertz CT molecular complexity index is 799. The van der Waals surface area contributed by atoms with Crippen LogP contribution in [0.4, 0.5) is 5.88 Å². The number of rotatable bonds is 2. The first-order chi connectivity index (χ1) is 8.66. The van der Waals surface area contributed by atoms with E-state index in [1.165, 1.54) is 29.3 Å². The maximum atomic E-state index is 11.4. The summed E-state index contributed by atoms with van der Waals surface area (Å²) in [5.74, 6) is -0.284. The van der Waals surface area contributed by atoms with Crippen molar-refractivity contribution in [3.63, 3.8) is 0 Å². The Morgan fingerprint density at radius 2 is 2.28 bits per heavy atom. The molecule has 9 nitrogen and oxygen atoms in total. The standard InChI is InChI=1S/C9H5N5O4/c15-9-5-3-12-13(8(5)10-4-11-9)6-1-2-7(18-6)14(16)17/h1-4H,(H,10,11,15). The molecule has 0 atom stereocenters. The van der Waals surface area contributed by atoms with E-state index in [-0.39, 0.29) is 22.5 Å². The third-order valence-electron chi connectivity index (χ3n) is 2.34. The largest absolute Gasteiger partial charge is 0.434 e. The number of fused-ring (bicyclic) bond motifs is 1. The lowest BCUT2D eigenvalue weighted by atomic mass is 10.4. The highest BCUT2D eigenvalue weighted by atomic mass is 16.6. The topological polar surface area (TPSA) is 120 Å². The van der Waals surface area contributed by atoms with E-state index < -0.39 is 10.8 Å². The fraction of sp³-hybridized carbons (Fsp3) is 0. The zero-order chi connectivity index (χ0) is 12.7. The third kappa shape index (κ3) is 1.38. The van der Waals surface area contributed by atoms with Gasteiger partial charge >= 0.3 is 5.88 Å². The molecule has 1 N–H and O–H groups in total. The van der Waals surface area contributed by atoms with E-state index in [2.05, 4.69) is 15.1 Å². The van der Waals surface area contributed by atoms with Crippen LogP contribution in [0.5, 0.6) is 0 Å². The van der Waals surface area contributed by atoms with Crippen LogP contribution in [-0.2, 0) is 0 Å². The summed E-state index contributed by atoms with van der Waals surface area (Å²) in [5, 5.41) is 14.7. The second-order valence-corrected chi connectivity index (χ2v) is 3.39. The summed E-state index contributed by atoms with van der Waals surface area (Å²) in [6.07, 6.45) is 2.54. The minimum atomic E-state index is -0.657. The molecule has 3 aromatic rings. The Morgan fingerprint density at radius 3 is 3.00 bits per heavy atom. The van der Waals surface area contributed by atoms with E-state index in [9.17, 15) is 14.9 Å². The fourth-order valence-corrected chi connectivity index (χ4v) is 1.55. The predicted octanol–water partition coefficient (Wildman–Crippen LogP) is 0.610. The van der Waals surface area contributed by atoms with Crippen LogP contribution >= 0.6 is 0 Å². The Labute approximate surface area is 97.8 Å². The summed E-state index contributed by atoms with van der Waals surface area (Å²) in [7, 11) is 0. The molecule has 3 aromatic heterocycles. The maximum Gasteiger partial charge on any atom is 0.434 e. The second-order valence-electron chi connectivity index (χ2n) is 3.39. The van der Waals surface area contributed by atoms with E-state index in [0.29, 0.717) is 0 Å². The number of H-pyrrole nitrogens is 1. The molecule has 90 valence electrons. The summed E-state index contributed by atoms with van der Waals surface area (Å²) in [6.45, 7) is 0. The van der Waals surface area contributed by atoms with Crippen molar-refractivity contribution < 1.29 is 9.34 Å². The summed E-state index contributed by atoms with van der Waals surface area (Å²) < 4.78 is 6.21. The summed E-state index contributed by atoms with van der Waals surface area (Å²) in [4.78, 5) is 27.7. The van der Waals surface area contributed by atoms with Gasteiger partial charge in [0, 0.05) is 6.07 Å². The molecule has 0 spiro atoms. The van der Waals surface area contributed by atoms with Gasteiger partial charge < -0.3 is 9.40 Å². The monoisotopic (exact) mass is 247 g/mol. The van der Waals surface area contributed by atoms with Gasteiger partial charge in [-0.2, -0.15) is 9.78 Å². The van der Waals surface area contributed by atoms with Crippen molar-refractivity contribution in [3.05, 3.63) is 45.1 Å². The van der Waals surface area contributed by atoms with Gasteiger partial charge in [-0.25, -0.2) is 4.98 Å². The van der Waals surface area contributed by atoms with Crippen molar-refractivity contribution in [1.29, 1.82) is 0 Å². The molecule has 0 saturated carbocycles. The lowest BCUT2D eigenvalue weighted by Crippen LogP contribution is -2.06. The van der Waals surface area contributed by atoms with E-state index in [1.54, 1.807) is 0 Å². The number of nitrogens with one attached hydrogen (secondary N) is 1. The number of aromatic amines is 1. The van der Waals surface area contributed by atoms with Gasteiger partial charge in [-0.1, -0.05) is 0 Å². The minimum Gasteiger partial charge on any atom is -0.382 e. The zero-order valence-corrected chi connectivity index (χ0v) is 8.73. The van der Waals surface area contributed by atoms with E-state index in [0.717, 1.165) is 0 Å². The van der Waals surface area contributed by atoms with Crippen molar-refractivity contribution in [2.24, 2.45) is 0 Å². The normalized spacial score (nSPS) is 10.9. The average Bonchev–Trinajstić information content (AvgIpc) is 2.94. The SMILES string of the molecule is O=c1[nH]cnc2c1cnn2-c1ccc([N+](=O)[O-])o1. The highest BCUT2D eigenvalue weighted by Gasteiger charge is 2.16. The highest BCUT2D eigenvalue weighted by Crippen LogP contribution is 2.20. The molecule has 0 saturated heterocycles. The van der Waals surface area contributed by atoms with Crippen molar-refractivity contribution in [1.82, 2.24) is 19.7 Å². The molecule has 0 unspecified atom stereocenters. The van der Waals surface area contributed by atoms with Gasteiger partial charge in [-0.05, 0) is 0 Å². The molecule has 0 aliphatic carbocycles. The molecule has 0 radical (unpaired) electrons. The summed E-state index contributed by atoms with van der Waals surface area (Å²) in [5.41, 5.74) is -0.0738. The van der Waals surface area contributed by atoms with Gasteiger partial charge in [-0.3, -0.25) is 14.9 Å². The van der Waals surface area contributed by atoms with Crippen molar-refractivity contribution in [3.8, 4) is 5.88 Å². The maximum absolute atomic E-state index is 11.4. The second kappa shape index (κ2) is 3.52. The first-order valence-electron chi connectivity index (χ1n) is 4.83. The first-order valence-corrected chi connectivity index (χ1v) is 4.83. The van der Waals surface area contributed by atoms with Crippen LogP contribution in [0.25, 0.3) is 16.9 Å². The molecule has 0 aliphatic heterocycles. The Kier molecular flexibility index (Phi) is 1.99. The van der Waals surface area contributed by atoms with E-state index >= 15 is 0 Å². The Hall–Kier alpha value is -2.97. The summed E-state index contributed by atoms with van der Waals surface area (Å²) >= 11 is 0. The van der Waals surface area contributed by atoms with E-state index in [4.69, 9.17) is 4.42 Å². The molecule has 0 bridgehead atoms. The van der Waals surface area contributed by atoms with Gasteiger partial charge in [0.2, 0.25) is 5.88 Å². The van der Waals surface area contributed by atoms with E-state index in [1.807, 2.05) is 0 Å². The van der Waals surface area contributed by atoms with Crippen molar-refractivity contribution in [2.75, 3.05) is 0 Å². The molecular weight excluding hydrogens is 242 g/mol. The molecule has 0 aromatic carbocycles. The minimum absolute atomic E-state index is 0.120. The third-order valence-corrected chi connectivity index (χ3v) is 2.34. The molecular formula is C9H5N5O4. The molecule has 9 heteroatoms. The van der Waals surface area contributed by atoms with Crippen LogP contribution < -0.4 is 5.56 Å². The van der Waals surface area contributed by atoms with Crippen LogP contribution in [0.15, 0.2) is 33.9 Å². The van der Waals surface area contributed by atoms with Crippen LogP contribution in [0, 0.1) is 10.1 Å². The predicted molar refractivity (Wildman–Crippen MR) is 58.4 cm³/mol. The smallest absolute Gasteiger partial charge is 0.382 e. The van der Waals surface area contributed by atoms with Gasteiger partial charge in [0.05, 0.1) is 18.6 Å². The number of nitrogens with zero attached hydrogens (tertiary/aromatic N) is 4. The summed E-state index contributed by atoms with van der Waals surface area (Å²) in [6, 6.07) is 2.59. The lowest BCUT2D eigenvalue weighted by molar-refractivity contribution is -0.402. The van der Waals surface area contributed by atoms with Crippen LogP contribution in [-0.4, -0.2) is 24.7 Å². The van der Waals surface area contributed by atoms with Gasteiger partial charge in [0.25, 0.3) is 5.56 Å². The average molecular weight is 247 g/mol. The number of aromatic nitrogens is 4. The van der Waals surface area contributed by atoms with Crippen LogP contribution in [0.1, 0.15) is 0 Å². The van der Waals surface area contributed by atoms with Crippen LogP contribution in [0.3, 0.4) is 0 Å². The Balaban J connectivity index is 2.22. The zero-order valence-electron chi connectivity index (χ0n) is 8.73. The van der Waals surface area contributed by atoms with Gasteiger partial charge in [0.15, 0.2) is 5.65 Å². The lowest BCUT2D eigenvalue weighted by Gasteiger charge is -1.95. The van der Waals surface area contributed by atoms with Gasteiger partial charge in [-0.15, -0.1) is 0 Å². The molecule has 0 aliphatic rings. The number of hydrogen-bond donors (Lipinski definition) is 1. The number of nitro groups is 1. The van der Waals surface area contributed by atoms with Gasteiger partial charge in [0.1, 0.15) is 10.3 Å². The fourth-order valence-electron chi connectivity index (χ4n) is 1.55. The molecule has 0 amide bonds. The molecule has 3 rings (SSSR count). The molecule has 18 heavy (non-hydrogen) atoms. The number of furan rings is 1. The highest BCUT2D eigenvalue weighted by molar-refractivity contribution is 5.74. The first kappa shape index (κ1) is 10.2. The van der Waals surface area contributed by atoms with Crippen molar-refractivity contribution in [2.45, 2.75) is 0 Å². The molecule has 3 heterocycles. The number of hydrogen-bond acceptors (Lipinski definition) is 6. The Morgan fingerprint density at radius 1 is 1.44 bits per heavy atom. The quantitative estimate of drug-likeness (QED) is 0.523. The van der Waals surface area contributed by atoms with Crippen molar-refractivity contribution >= 4 is 16.9 Å². The molecule has 0 fully saturated rings. The van der Waals surface area contributed by atoms with Crippen LogP contribution in [0.2, 0.25) is 0 Å².